The summed E-state index contributed by atoms with van der Waals surface area (Å²) >= 11 is 0. The van der Waals surface area contributed by atoms with Gasteiger partial charge >= 0.3 is 5.97 Å². The average Bonchev–Trinajstić information content (AvgIpc) is 2.35. The molecule has 0 aromatic rings. The molecule has 0 bridgehead atoms. The lowest BCUT2D eigenvalue weighted by molar-refractivity contribution is -0.147. The van der Waals surface area contributed by atoms with E-state index in [-0.39, 0.29) is 23.2 Å². The van der Waals surface area contributed by atoms with Gasteiger partial charge in [-0.25, -0.2) is 4.79 Å². The summed E-state index contributed by atoms with van der Waals surface area (Å²) in [5.41, 5.74) is 0.0147. The Hall–Kier alpha value is -1.06. The Bertz CT molecular complexity index is 350. The number of carbonyl (C=O) groups excluding carboxylic acids is 2. The van der Waals surface area contributed by atoms with Gasteiger partial charge in [0.1, 0.15) is 6.04 Å². The molecule has 1 fully saturated rings. The summed E-state index contributed by atoms with van der Waals surface area (Å²) in [4.78, 5) is 24.3. The van der Waals surface area contributed by atoms with Gasteiger partial charge in [-0.2, -0.15) is 0 Å². The Labute approximate surface area is 122 Å². The van der Waals surface area contributed by atoms with Gasteiger partial charge in [-0.05, 0) is 30.6 Å². The summed E-state index contributed by atoms with van der Waals surface area (Å²) in [6.07, 6.45) is 4.87. The predicted octanol–water partition coefficient (Wildman–Crippen LogP) is 2.91. The highest BCUT2D eigenvalue weighted by atomic mass is 16.5. The van der Waals surface area contributed by atoms with Crippen molar-refractivity contribution in [3.05, 3.63) is 0 Å². The highest BCUT2D eigenvalue weighted by Gasteiger charge is 2.38. The third kappa shape index (κ3) is 4.50. The topological polar surface area (TPSA) is 55.4 Å². The molecule has 0 aliphatic heterocycles. The van der Waals surface area contributed by atoms with Gasteiger partial charge in [-0.1, -0.05) is 40.5 Å². The molecule has 20 heavy (non-hydrogen) atoms. The number of hydrogen-bond acceptors (Lipinski definition) is 3. The van der Waals surface area contributed by atoms with Crippen LogP contribution in [-0.2, 0) is 14.3 Å². The van der Waals surface area contributed by atoms with Gasteiger partial charge in [0.15, 0.2) is 0 Å². The zero-order valence-electron chi connectivity index (χ0n) is 13.5. The Balaban J connectivity index is 2.71. The van der Waals surface area contributed by atoms with E-state index in [1.165, 1.54) is 13.5 Å². The van der Waals surface area contributed by atoms with Gasteiger partial charge in [-0.15, -0.1) is 0 Å². The van der Waals surface area contributed by atoms with Crippen LogP contribution in [0.15, 0.2) is 0 Å². The van der Waals surface area contributed by atoms with Gasteiger partial charge < -0.3 is 10.1 Å². The van der Waals surface area contributed by atoms with Crippen molar-refractivity contribution in [1.29, 1.82) is 0 Å². The fourth-order valence-electron chi connectivity index (χ4n) is 3.08. The first-order valence-corrected chi connectivity index (χ1v) is 7.66. The van der Waals surface area contributed by atoms with E-state index < -0.39 is 6.04 Å². The number of carbonyl (C=O) groups is 2. The first-order valence-electron chi connectivity index (χ1n) is 7.66. The number of amides is 1. The fourth-order valence-corrected chi connectivity index (χ4v) is 3.08. The zero-order valence-corrected chi connectivity index (χ0v) is 13.5. The molecule has 0 heterocycles. The lowest BCUT2D eigenvalue weighted by Gasteiger charge is -2.38. The normalized spacial score (nSPS) is 23.2. The maximum atomic E-state index is 12.5. The second-order valence-corrected chi connectivity index (χ2v) is 7.00. The quantitative estimate of drug-likeness (QED) is 0.789. The van der Waals surface area contributed by atoms with E-state index >= 15 is 0 Å². The highest BCUT2D eigenvalue weighted by Crippen LogP contribution is 2.40. The summed E-state index contributed by atoms with van der Waals surface area (Å²) in [7, 11) is 1.37. The minimum atomic E-state index is -0.523. The van der Waals surface area contributed by atoms with E-state index in [0.717, 1.165) is 19.3 Å². The van der Waals surface area contributed by atoms with Crippen LogP contribution in [0.25, 0.3) is 0 Å². The number of ether oxygens (including phenoxy) is 1. The van der Waals surface area contributed by atoms with Crippen molar-refractivity contribution in [3.63, 3.8) is 0 Å². The SMILES string of the molecule is COC(=O)C(CC(C)C)NC(=O)C1CCCCC1(C)C. The summed E-state index contributed by atoms with van der Waals surface area (Å²) in [6.45, 7) is 8.36. The molecule has 0 aromatic carbocycles. The van der Waals surface area contributed by atoms with Gasteiger partial charge in [0.2, 0.25) is 5.91 Å². The molecule has 4 heteroatoms. The summed E-state index contributed by atoms with van der Waals surface area (Å²) in [6, 6.07) is -0.523. The molecule has 1 saturated carbocycles. The maximum absolute atomic E-state index is 12.5. The Morgan fingerprint density at radius 2 is 1.95 bits per heavy atom. The highest BCUT2D eigenvalue weighted by molar-refractivity contribution is 5.86. The molecular formula is C16H29NO3. The Morgan fingerprint density at radius 1 is 1.30 bits per heavy atom. The zero-order chi connectivity index (χ0) is 15.3. The summed E-state index contributed by atoms with van der Waals surface area (Å²) < 4.78 is 4.80. The second-order valence-electron chi connectivity index (χ2n) is 7.00. The van der Waals surface area contributed by atoms with Crippen molar-refractivity contribution < 1.29 is 14.3 Å². The fraction of sp³-hybridized carbons (Fsp3) is 0.875. The first-order chi connectivity index (χ1) is 9.27. The second kappa shape index (κ2) is 7.09. The molecule has 0 aromatic heterocycles. The lowest BCUT2D eigenvalue weighted by Crippen LogP contribution is -2.48. The molecule has 0 saturated heterocycles. The minimum absolute atomic E-state index is 0.00410. The van der Waals surface area contributed by atoms with Crippen LogP contribution < -0.4 is 5.32 Å². The number of hydrogen-bond donors (Lipinski definition) is 1. The van der Waals surface area contributed by atoms with Crippen LogP contribution in [0.3, 0.4) is 0 Å². The van der Waals surface area contributed by atoms with Gasteiger partial charge in [0, 0.05) is 5.92 Å². The van der Waals surface area contributed by atoms with E-state index in [9.17, 15) is 9.59 Å². The van der Waals surface area contributed by atoms with Gasteiger partial charge in [0.25, 0.3) is 0 Å². The maximum Gasteiger partial charge on any atom is 0.328 e. The molecule has 1 aliphatic carbocycles. The van der Waals surface area contributed by atoms with Crippen LogP contribution in [-0.4, -0.2) is 25.0 Å². The van der Waals surface area contributed by atoms with E-state index in [4.69, 9.17) is 4.74 Å². The lowest BCUT2D eigenvalue weighted by atomic mass is 9.68. The summed E-state index contributed by atoms with van der Waals surface area (Å²) in [5.74, 6) is -0.0132. The van der Waals surface area contributed by atoms with Gasteiger partial charge in [-0.3, -0.25) is 4.79 Å². The van der Waals surface area contributed by atoms with Crippen molar-refractivity contribution in [3.8, 4) is 0 Å². The molecule has 2 unspecified atom stereocenters. The molecule has 1 N–H and O–H groups in total. The number of esters is 1. The number of rotatable bonds is 5. The Kier molecular flexibility index (Phi) is 6.03. The molecule has 1 aliphatic rings. The van der Waals surface area contributed by atoms with Crippen LogP contribution in [0.4, 0.5) is 0 Å². The number of nitrogens with one attached hydrogen (secondary N) is 1. The molecule has 0 spiro atoms. The molecule has 2 atom stereocenters. The number of methoxy groups -OCH3 is 1. The summed E-state index contributed by atoms with van der Waals surface area (Å²) in [5, 5.41) is 2.91. The third-order valence-corrected chi connectivity index (χ3v) is 4.33. The molecule has 0 radical (unpaired) electrons. The first kappa shape index (κ1) is 17.0. The molecule has 1 amide bonds. The van der Waals surface area contributed by atoms with Crippen LogP contribution in [0.1, 0.15) is 59.8 Å². The van der Waals surface area contributed by atoms with Crippen LogP contribution in [0, 0.1) is 17.3 Å². The molecular weight excluding hydrogens is 254 g/mol. The van der Waals surface area contributed by atoms with Crippen molar-refractivity contribution in [2.75, 3.05) is 7.11 Å². The van der Waals surface area contributed by atoms with Crippen molar-refractivity contribution >= 4 is 11.9 Å². The van der Waals surface area contributed by atoms with E-state index in [1.807, 2.05) is 13.8 Å². The monoisotopic (exact) mass is 283 g/mol. The van der Waals surface area contributed by atoms with Crippen LogP contribution in [0.2, 0.25) is 0 Å². The Morgan fingerprint density at radius 3 is 2.45 bits per heavy atom. The van der Waals surface area contributed by atoms with Crippen molar-refractivity contribution in [2.24, 2.45) is 17.3 Å². The minimum Gasteiger partial charge on any atom is -0.467 e. The van der Waals surface area contributed by atoms with E-state index in [1.54, 1.807) is 0 Å². The molecule has 1 rings (SSSR count). The molecule has 4 nitrogen and oxygen atoms in total. The smallest absolute Gasteiger partial charge is 0.328 e. The van der Waals surface area contributed by atoms with Crippen LogP contribution in [0.5, 0.6) is 0 Å². The van der Waals surface area contributed by atoms with E-state index in [0.29, 0.717) is 12.3 Å². The van der Waals surface area contributed by atoms with Crippen molar-refractivity contribution in [1.82, 2.24) is 5.32 Å². The van der Waals surface area contributed by atoms with Gasteiger partial charge in [0.05, 0.1) is 7.11 Å². The average molecular weight is 283 g/mol. The van der Waals surface area contributed by atoms with Crippen LogP contribution >= 0.6 is 0 Å². The molecule has 116 valence electrons. The largest absolute Gasteiger partial charge is 0.467 e. The van der Waals surface area contributed by atoms with E-state index in [2.05, 4.69) is 19.2 Å². The third-order valence-electron chi connectivity index (χ3n) is 4.33. The predicted molar refractivity (Wildman–Crippen MR) is 79.1 cm³/mol. The standard InChI is InChI=1S/C16H29NO3/c1-11(2)10-13(15(19)20-5)17-14(18)12-8-6-7-9-16(12,3)4/h11-13H,6-10H2,1-5H3,(H,17,18). The van der Waals surface area contributed by atoms with Crippen molar-refractivity contribution in [2.45, 2.75) is 65.8 Å².